The van der Waals surface area contributed by atoms with E-state index in [1.165, 1.54) is 42.7 Å². The van der Waals surface area contributed by atoms with Gasteiger partial charge < -0.3 is 14.8 Å². The van der Waals surface area contributed by atoms with E-state index < -0.39 is 0 Å². The quantitative estimate of drug-likeness (QED) is 0.899. The first-order chi connectivity index (χ1) is 10.5. The van der Waals surface area contributed by atoms with Crippen LogP contribution in [0.5, 0.6) is 0 Å². The lowest BCUT2D eigenvalue weighted by atomic mass is 9.83. The maximum Gasteiger partial charge on any atom is 0.251 e. The van der Waals surface area contributed by atoms with E-state index in [9.17, 15) is 9.59 Å². The van der Waals surface area contributed by atoms with Crippen molar-refractivity contribution in [1.82, 2.24) is 14.8 Å². The monoisotopic (exact) mass is 305 g/mol. The summed E-state index contributed by atoms with van der Waals surface area (Å²) in [6.45, 7) is 0.631. The van der Waals surface area contributed by atoms with Crippen molar-refractivity contribution in [2.75, 3.05) is 20.6 Å². The number of hydrogen-bond acceptors (Lipinski definition) is 3. The van der Waals surface area contributed by atoms with Gasteiger partial charge in [0.2, 0.25) is 0 Å². The highest BCUT2D eigenvalue weighted by Crippen LogP contribution is 2.28. The fourth-order valence-electron chi connectivity index (χ4n) is 3.28. The summed E-state index contributed by atoms with van der Waals surface area (Å²) < 4.78 is 1.46. The topological polar surface area (TPSA) is 54.3 Å². The van der Waals surface area contributed by atoms with Crippen molar-refractivity contribution < 1.29 is 4.79 Å². The summed E-state index contributed by atoms with van der Waals surface area (Å²) in [4.78, 5) is 26.1. The second-order valence-corrected chi connectivity index (χ2v) is 6.50. The Morgan fingerprint density at radius 3 is 2.64 bits per heavy atom. The smallest absolute Gasteiger partial charge is 0.251 e. The van der Waals surface area contributed by atoms with Crippen LogP contribution in [0.2, 0.25) is 0 Å². The average molecular weight is 305 g/mol. The van der Waals surface area contributed by atoms with E-state index in [1.54, 1.807) is 19.3 Å². The third-order valence-corrected chi connectivity index (χ3v) is 4.70. The average Bonchev–Trinajstić information content (AvgIpc) is 2.50. The maximum absolute atomic E-state index is 12.2. The van der Waals surface area contributed by atoms with E-state index in [0.717, 1.165) is 0 Å². The third kappa shape index (κ3) is 4.19. The predicted octanol–water partition coefficient (Wildman–Crippen LogP) is 1.63. The Bertz CT molecular complexity index is 559. The van der Waals surface area contributed by atoms with E-state index >= 15 is 0 Å². The van der Waals surface area contributed by atoms with Crippen molar-refractivity contribution in [3.05, 3.63) is 34.2 Å². The van der Waals surface area contributed by atoms with Crippen molar-refractivity contribution in [3.63, 3.8) is 0 Å². The molecule has 1 aromatic heterocycles. The van der Waals surface area contributed by atoms with Gasteiger partial charge in [0.05, 0.1) is 0 Å². The first kappa shape index (κ1) is 16.7. The van der Waals surface area contributed by atoms with Gasteiger partial charge in [-0.25, -0.2) is 0 Å². The highest BCUT2D eigenvalue weighted by molar-refractivity contribution is 5.93. The normalized spacial score (nSPS) is 17.5. The molecule has 0 aromatic carbocycles. The van der Waals surface area contributed by atoms with Crippen molar-refractivity contribution in [1.29, 1.82) is 0 Å². The number of carbonyl (C=O) groups is 1. The second-order valence-electron chi connectivity index (χ2n) is 6.50. The molecule has 0 radical (unpaired) electrons. The molecule has 1 atom stereocenters. The molecule has 1 aliphatic carbocycles. The first-order valence-electron chi connectivity index (χ1n) is 8.10. The molecule has 122 valence electrons. The van der Waals surface area contributed by atoms with Crippen molar-refractivity contribution in [3.8, 4) is 0 Å². The zero-order chi connectivity index (χ0) is 16.1. The summed E-state index contributed by atoms with van der Waals surface area (Å²) in [6.07, 6.45) is 8.02. The number of nitrogens with zero attached hydrogens (tertiary/aromatic N) is 2. The van der Waals surface area contributed by atoms with Crippen LogP contribution in [0.1, 0.15) is 42.5 Å². The number of aromatic nitrogens is 1. The number of amides is 1. The van der Waals surface area contributed by atoms with Gasteiger partial charge in [0, 0.05) is 37.5 Å². The molecule has 0 unspecified atom stereocenters. The molecule has 1 aliphatic rings. The molecule has 5 heteroatoms. The number of likely N-dealkylation sites (N-methyl/N-ethyl adjacent to an activating group) is 1. The standard InChI is InChI=1S/C17H27N3O2/c1-19(2)15(13-7-5-4-6-8-13)12-18-17(22)14-9-10-20(3)16(21)11-14/h9-11,13,15H,4-8,12H2,1-3H3,(H,18,22)/t15-/m0/s1. The van der Waals surface area contributed by atoms with E-state index in [4.69, 9.17) is 0 Å². The summed E-state index contributed by atoms with van der Waals surface area (Å²) in [7, 11) is 5.82. The van der Waals surface area contributed by atoms with Crippen LogP contribution < -0.4 is 10.9 Å². The van der Waals surface area contributed by atoms with Crippen molar-refractivity contribution in [2.24, 2.45) is 13.0 Å². The van der Waals surface area contributed by atoms with Crippen LogP contribution >= 0.6 is 0 Å². The lowest BCUT2D eigenvalue weighted by Crippen LogP contribution is -2.45. The number of nitrogens with one attached hydrogen (secondary N) is 1. The van der Waals surface area contributed by atoms with Gasteiger partial charge in [-0.2, -0.15) is 0 Å². The SMILES string of the molecule is CN(C)[C@@H](CNC(=O)c1ccn(C)c(=O)c1)C1CCCCC1. The Morgan fingerprint density at radius 1 is 1.36 bits per heavy atom. The molecule has 0 aliphatic heterocycles. The Labute approximate surface area is 132 Å². The fraction of sp³-hybridized carbons (Fsp3) is 0.647. The molecule has 0 spiro atoms. The van der Waals surface area contributed by atoms with Crippen LogP contribution in [-0.2, 0) is 7.05 Å². The van der Waals surface area contributed by atoms with Gasteiger partial charge in [0.25, 0.3) is 11.5 Å². The highest BCUT2D eigenvalue weighted by atomic mass is 16.2. The largest absolute Gasteiger partial charge is 0.350 e. The van der Waals surface area contributed by atoms with E-state index in [1.807, 2.05) is 0 Å². The number of carbonyl (C=O) groups excluding carboxylic acids is 1. The molecule has 1 heterocycles. The number of pyridine rings is 1. The zero-order valence-corrected chi connectivity index (χ0v) is 13.8. The summed E-state index contributed by atoms with van der Waals surface area (Å²) in [6, 6.07) is 3.43. The van der Waals surface area contributed by atoms with Gasteiger partial charge in [-0.15, -0.1) is 0 Å². The van der Waals surface area contributed by atoms with Crippen LogP contribution in [0.4, 0.5) is 0 Å². The van der Waals surface area contributed by atoms with E-state index in [0.29, 0.717) is 24.1 Å². The molecule has 1 amide bonds. The highest BCUT2D eigenvalue weighted by Gasteiger charge is 2.25. The minimum atomic E-state index is -0.166. The van der Waals surface area contributed by atoms with Crippen molar-refractivity contribution >= 4 is 5.91 Å². The lowest BCUT2D eigenvalue weighted by molar-refractivity contribution is 0.0921. The van der Waals surface area contributed by atoms with Gasteiger partial charge in [-0.3, -0.25) is 9.59 Å². The second kappa shape index (κ2) is 7.58. The van der Waals surface area contributed by atoms with Crippen LogP contribution in [-0.4, -0.2) is 42.1 Å². The van der Waals surface area contributed by atoms with Crippen LogP contribution in [0, 0.1) is 5.92 Å². The molecule has 5 nitrogen and oxygen atoms in total. The molecule has 1 aromatic rings. The predicted molar refractivity (Wildman–Crippen MR) is 88.1 cm³/mol. The summed E-state index contributed by atoms with van der Waals surface area (Å²) >= 11 is 0. The molecule has 22 heavy (non-hydrogen) atoms. The molecule has 1 fully saturated rings. The number of aryl methyl sites for hydroxylation is 1. The van der Waals surface area contributed by atoms with Gasteiger partial charge in [0.1, 0.15) is 0 Å². The molecule has 1 N–H and O–H groups in total. The molecule has 0 bridgehead atoms. The Morgan fingerprint density at radius 2 is 2.05 bits per heavy atom. The van der Waals surface area contributed by atoms with Gasteiger partial charge >= 0.3 is 0 Å². The number of rotatable bonds is 5. The summed E-state index contributed by atoms with van der Waals surface area (Å²) in [5, 5.41) is 3.00. The zero-order valence-electron chi connectivity index (χ0n) is 13.8. The Hall–Kier alpha value is -1.62. The molecule has 1 saturated carbocycles. The molecule has 2 rings (SSSR count). The minimum Gasteiger partial charge on any atom is -0.350 e. The molecule has 0 saturated heterocycles. The van der Waals surface area contributed by atoms with E-state index in [-0.39, 0.29) is 11.5 Å². The van der Waals surface area contributed by atoms with Crippen LogP contribution in [0.3, 0.4) is 0 Å². The Kier molecular flexibility index (Phi) is 5.77. The molecular weight excluding hydrogens is 278 g/mol. The maximum atomic E-state index is 12.2. The van der Waals surface area contributed by atoms with Crippen molar-refractivity contribution in [2.45, 2.75) is 38.1 Å². The number of hydrogen-bond donors (Lipinski definition) is 1. The van der Waals surface area contributed by atoms with Crippen LogP contribution in [0.15, 0.2) is 23.1 Å². The van der Waals surface area contributed by atoms with Gasteiger partial charge in [0.15, 0.2) is 0 Å². The minimum absolute atomic E-state index is 0.163. The summed E-state index contributed by atoms with van der Waals surface area (Å²) in [5.74, 6) is 0.480. The first-order valence-corrected chi connectivity index (χ1v) is 8.10. The van der Waals surface area contributed by atoms with E-state index in [2.05, 4.69) is 24.3 Å². The summed E-state index contributed by atoms with van der Waals surface area (Å²) in [5.41, 5.74) is 0.272. The van der Waals surface area contributed by atoms with Crippen LogP contribution in [0.25, 0.3) is 0 Å². The Balaban J connectivity index is 1.97. The fourth-order valence-corrected chi connectivity index (χ4v) is 3.28. The molecular formula is C17H27N3O2. The third-order valence-electron chi connectivity index (χ3n) is 4.70. The van der Waals surface area contributed by atoms with Gasteiger partial charge in [-0.05, 0) is 38.9 Å². The van der Waals surface area contributed by atoms with Gasteiger partial charge in [-0.1, -0.05) is 19.3 Å². The lowest BCUT2D eigenvalue weighted by Gasteiger charge is -2.35.